The second-order valence-corrected chi connectivity index (χ2v) is 10.6. The molecule has 2 bridgehead atoms. The van der Waals surface area contributed by atoms with Gasteiger partial charge in [-0.3, -0.25) is 19.3 Å². The van der Waals surface area contributed by atoms with Gasteiger partial charge in [0.05, 0.1) is 17.5 Å². The van der Waals surface area contributed by atoms with Crippen molar-refractivity contribution in [3.05, 3.63) is 70.9 Å². The number of benzene rings is 1. The molecule has 1 saturated carbocycles. The first-order valence-corrected chi connectivity index (χ1v) is 12.8. The molecular formula is C27H26N4O3S. The SMILES string of the molecule is Cc1cc(-c2csc(NC(=O)CN3C(=O)[C@H]4[C@H](C3=O)[C@H]3C=C[C@H]4C3)n2)c(C)n1Cc1ccccc1. The van der Waals surface area contributed by atoms with Crippen LogP contribution in [0.2, 0.25) is 0 Å². The largest absolute Gasteiger partial charge is 0.344 e. The number of nitrogens with one attached hydrogen (secondary N) is 1. The van der Waals surface area contributed by atoms with Crippen molar-refractivity contribution in [2.24, 2.45) is 23.7 Å². The van der Waals surface area contributed by atoms with Gasteiger partial charge in [-0.05, 0) is 43.7 Å². The molecule has 178 valence electrons. The number of aryl methyl sites for hydroxylation is 1. The molecule has 6 rings (SSSR count). The average Bonchev–Trinajstić information content (AvgIpc) is 3.66. The smallest absolute Gasteiger partial charge is 0.246 e. The number of allylic oxidation sites excluding steroid dienone is 2. The molecule has 0 unspecified atom stereocenters. The number of imide groups is 1. The van der Waals surface area contributed by atoms with Gasteiger partial charge in [0.25, 0.3) is 0 Å². The lowest BCUT2D eigenvalue weighted by Gasteiger charge is -2.16. The highest BCUT2D eigenvalue weighted by Crippen LogP contribution is 2.52. The Bertz CT molecular complexity index is 1340. The van der Waals surface area contributed by atoms with Crippen molar-refractivity contribution in [1.29, 1.82) is 0 Å². The van der Waals surface area contributed by atoms with E-state index in [1.165, 1.54) is 16.9 Å². The summed E-state index contributed by atoms with van der Waals surface area (Å²) >= 11 is 1.34. The minimum atomic E-state index is -0.401. The third-order valence-electron chi connectivity index (χ3n) is 7.65. The summed E-state index contributed by atoms with van der Waals surface area (Å²) in [5, 5.41) is 5.16. The van der Waals surface area contributed by atoms with E-state index in [1.54, 1.807) is 0 Å². The molecule has 1 N–H and O–H groups in total. The standard InChI is InChI=1S/C27H26N4O3S/c1-15-10-20(16(2)30(15)12-17-6-4-3-5-7-17)21-14-35-27(28-21)29-22(32)13-31-25(33)23-18-8-9-19(11-18)24(23)26(31)34/h3-10,14,18-19,23-24H,11-13H2,1-2H3,(H,28,29,32)/t18-,19-,23+,24+/m0/s1. The monoisotopic (exact) mass is 486 g/mol. The van der Waals surface area contributed by atoms with E-state index in [4.69, 9.17) is 0 Å². The number of amides is 3. The zero-order chi connectivity index (χ0) is 24.3. The van der Waals surface area contributed by atoms with E-state index in [0.717, 1.165) is 40.5 Å². The Labute approximate surface area is 207 Å². The van der Waals surface area contributed by atoms with Gasteiger partial charge in [0.15, 0.2) is 5.13 Å². The summed E-state index contributed by atoms with van der Waals surface area (Å²) in [6.07, 6.45) is 4.98. The Hall–Kier alpha value is -3.52. The Kier molecular flexibility index (Phi) is 5.21. The van der Waals surface area contributed by atoms with Gasteiger partial charge >= 0.3 is 0 Å². The maximum absolute atomic E-state index is 12.8. The summed E-state index contributed by atoms with van der Waals surface area (Å²) in [6.45, 7) is 4.68. The van der Waals surface area contributed by atoms with Crippen LogP contribution in [0.15, 0.2) is 53.9 Å². The van der Waals surface area contributed by atoms with Crippen molar-refractivity contribution < 1.29 is 14.4 Å². The lowest BCUT2D eigenvalue weighted by molar-refractivity contribution is -0.143. The Morgan fingerprint density at radius 1 is 1.09 bits per heavy atom. The van der Waals surface area contributed by atoms with Crippen LogP contribution in [-0.4, -0.2) is 38.7 Å². The van der Waals surface area contributed by atoms with E-state index in [-0.39, 0.29) is 42.0 Å². The molecule has 2 fully saturated rings. The van der Waals surface area contributed by atoms with Gasteiger partial charge in [-0.25, -0.2) is 4.98 Å². The lowest BCUT2D eigenvalue weighted by atomic mass is 9.85. The molecule has 3 heterocycles. The summed E-state index contributed by atoms with van der Waals surface area (Å²) < 4.78 is 2.26. The number of anilines is 1. The fraction of sp³-hybridized carbons (Fsp3) is 0.333. The minimum absolute atomic E-state index is 0.136. The van der Waals surface area contributed by atoms with E-state index in [9.17, 15) is 14.4 Å². The van der Waals surface area contributed by atoms with Crippen LogP contribution in [0.1, 0.15) is 23.4 Å². The van der Waals surface area contributed by atoms with Crippen molar-refractivity contribution in [2.45, 2.75) is 26.8 Å². The van der Waals surface area contributed by atoms with Crippen LogP contribution in [0.25, 0.3) is 11.3 Å². The highest BCUT2D eigenvalue weighted by atomic mass is 32.1. The number of likely N-dealkylation sites (tertiary alicyclic amines) is 1. The van der Waals surface area contributed by atoms with E-state index < -0.39 is 5.91 Å². The third kappa shape index (κ3) is 3.63. The van der Waals surface area contributed by atoms with E-state index in [0.29, 0.717) is 5.13 Å². The van der Waals surface area contributed by atoms with Gasteiger partial charge in [-0.2, -0.15) is 0 Å². The number of fused-ring (bicyclic) bond motifs is 5. The number of hydrogen-bond acceptors (Lipinski definition) is 5. The summed E-state index contributed by atoms with van der Waals surface area (Å²) in [6, 6.07) is 12.4. The topological polar surface area (TPSA) is 84.3 Å². The second-order valence-electron chi connectivity index (χ2n) is 9.71. The zero-order valence-electron chi connectivity index (χ0n) is 19.6. The van der Waals surface area contributed by atoms with Crippen LogP contribution in [0, 0.1) is 37.5 Å². The normalized spacial score (nSPS) is 24.5. The van der Waals surface area contributed by atoms with Crippen molar-refractivity contribution in [2.75, 3.05) is 11.9 Å². The van der Waals surface area contributed by atoms with Gasteiger partial charge in [0.1, 0.15) is 6.54 Å². The molecule has 3 aliphatic rings. The molecule has 2 aliphatic carbocycles. The molecule has 35 heavy (non-hydrogen) atoms. The second kappa shape index (κ2) is 8.30. The number of nitrogens with zero attached hydrogens (tertiary/aromatic N) is 3. The summed E-state index contributed by atoms with van der Waals surface area (Å²) in [5.74, 6) is -1.13. The molecule has 4 atom stereocenters. The first-order chi connectivity index (χ1) is 16.9. The van der Waals surface area contributed by atoms with Crippen molar-refractivity contribution in [3.8, 4) is 11.3 Å². The third-order valence-corrected chi connectivity index (χ3v) is 8.40. The maximum atomic E-state index is 12.8. The molecule has 1 aliphatic heterocycles. The molecular weight excluding hydrogens is 460 g/mol. The Morgan fingerprint density at radius 2 is 1.77 bits per heavy atom. The molecule has 1 saturated heterocycles. The van der Waals surface area contributed by atoms with Gasteiger partial charge < -0.3 is 9.88 Å². The zero-order valence-corrected chi connectivity index (χ0v) is 20.4. The van der Waals surface area contributed by atoms with E-state index in [2.05, 4.69) is 59.1 Å². The van der Waals surface area contributed by atoms with Gasteiger partial charge in [-0.15, -0.1) is 11.3 Å². The molecule has 3 aromatic rings. The first kappa shape index (κ1) is 22.0. The number of carbonyl (C=O) groups excluding carboxylic acids is 3. The number of hydrogen-bond donors (Lipinski definition) is 1. The van der Waals surface area contributed by atoms with Crippen molar-refractivity contribution in [3.63, 3.8) is 0 Å². The summed E-state index contributed by atoms with van der Waals surface area (Å²) in [5.41, 5.74) is 5.29. The number of aromatic nitrogens is 2. The van der Waals surface area contributed by atoms with Crippen LogP contribution >= 0.6 is 11.3 Å². The minimum Gasteiger partial charge on any atom is -0.344 e. The van der Waals surface area contributed by atoms with Crippen LogP contribution in [0.5, 0.6) is 0 Å². The van der Waals surface area contributed by atoms with Crippen LogP contribution in [0.4, 0.5) is 5.13 Å². The fourth-order valence-electron chi connectivity index (χ4n) is 5.95. The van der Waals surface area contributed by atoms with Gasteiger partial charge in [-0.1, -0.05) is 42.5 Å². The molecule has 0 spiro atoms. The molecule has 8 heteroatoms. The maximum Gasteiger partial charge on any atom is 0.246 e. The summed E-state index contributed by atoms with van der Waals surface area (Å²) in [7, 11) is 0. The van der Waals surface area contributed by atoms with Crippen molar-refractivity contribution >= 4 is 34.2 Å². The molecule has 7 nitrogen and oxygen atoms in total. The molecule has 3 amide bonds. The molecule has 1 aromatic carbocycles. The van der Waals surface area contributed by atoms with Crippen molar-refractivity contribution in [1.82, 2.24) is 14.5 Å². The predicted octanol–water partition coefficient (Wildman–Crippen LogP) is 4.02. The fourth-order valence-corrected chi connectivity index (χ4v) is 6.67. The molecule has 2 aromatic heterocycles. The molecule has 0 radical (unpaired) electrons. The Balaban J connectivity index is 1.14. The highest BCUT2D eigenvalue weighted by Gasteiger charge is 2.59. The first-order valence-electron chi connectivity index (χ1n) is 11.9. The van der Waals surface area contributed by atoms with E-state index >= 15 is 0 Å². The van der Waals surface area contributed by atoms with Crippen LogP contribution in [0.3, 0.4) is 0 Å². The number of thiazole rings is 1. The van der Waals surface area contributed by atoms with Gasteiger partial charge in [0.2, 0.25) is 17.7 Å². The lowest BCUT2D eigenvalue weighted by Crippen LogP contribution is -2.39. The number of rotatable bonds is 6. The number of carbonyl (C=O) groups is 3. The Morgan fingerprint density at radius 3 is 2.46 bits per heavy atom. The van der Waals surface area contributed by atoms with Crippen LogP contribution < -0.4 is 5.32 Å². The van der Waals surface area contributed by atoms with E-state index in [1.807, 2.05) is 23.6 Å². The van der Waals surface area contributed by atoms with Crippen LogP contribution in [-0.2, 0) is 20.9 Å². The van der Waals surface area contributed by atoms with Gasteiger partial charge in [0, 0.05) is 28.9 Å². The quantitative estimate of drug-likeness (QED) is 0.421. The highest BCUT2D eigenvalue weighted by molar-refractivity contribution is 7.14. The predicted molar refractivity (Wildman–Crippen MR) is 134 cm³/mol. The summed E-state index contributed by atoms with van der Waals surface area (Å²) in [4.78, 5) is 44.2. The average molecular weight is 487 g/mol.